The molecule has 0 radical (unpaired) electrons. The predicted octanol–water partition coefficient (Wildman–Crippen LogP) is 2.07. The van der Waals surface area contributed by atoms with E-state index in [1.54, 1.807) is 25.4 Å². The molecule has 94 valence electrons. The first kappa shape index (κ1) is 12.2. The molecule has 1 aromatic heterocycles. The van der Waals surface area contributed by atoms with Crippen LogP contribution in [0, 0.1) is 0 Å². The van der Waals surface area contributed by atoms with E-state index in [1.165, 1.54) is 4.68 Å². The minimum Gasteiger partial charge on any atom is -0.492 e. The maximum Gasteiger partial charge on any atom is 0.274 e. The molecule has 0 fully saturated rings. The molecule has 0 bridgehead atoms. The van der Waals surface area contributed by atoms with Crippen molar-refractivity contribution < 1.29 is 9.53 Å². The van der Waals surface area contributed by atoms with E-state index in [-0.39, 0.29) is 5.91 Å². The third kappa shape index (κ3) is 2.51. The topological polar surface area (TPSA) is 56.1 Å². The maximum atomic E-state index is 12.0. The van der Waals surface area contributed by atoms with Crippen molar-refractivity contribution in [3.63, 3.8) is 0 Å². The average Bonchev–Trinajstić information content (AvgIpc) is 2.78. The highest BCUT2D eigenvalue weighted by atomic mass is 16.5. The first-order valence-corrected chi connectivity index (χ1v) is 5.73. The smallest absolute Gasteiger partial charge is 0.274 e. The van der Waals surface area contributed by atoms with Crippen molar-refractivity contribution in [2.45, 2.75) is 6.92 Å². The van der Waals surface area contributed by atoms with E-state index in [0.29, 0.717) is 23.7 Å². The summed E-state index contributed by atoms with van der Waals surface area (Å²) in [4.78, 5) is 12.0. The van der Waals surface area contributed by atoms with E-state index in [9.17, 15) is 4.79 Å². The Balaban J connectivity index is 2.19. The van der Waals surface area contributed by atoms with Gasteiger partial charge in [0, 0.05) is 13.2 Å². The minimum absolute atomic E-state index is 0.206. The lowest BCUT2D eigenvalue weighted by Gasteiger charge is -2.11. The first-order chi connectivity index (χ1) is 8.72. The van der Waals surface area contributed by atoms with Gasteiger partial charge in [-0.3, -0.25) is 9.48 Å². The molecule has 5 heteroatoms. The lowest BCUT2D eigenvalue weighted by molar-refractivity contribution is 0.101. The fourth-order valence-corrected chi connectivity index (χ4v) is 1.63. The fourth-order valence-electron chi connectivity index (χ4n) is 1.63. The fraction of sp³-hybridized carbons (Fsp3) is 0.231. The number of hydrogen-bond donors (Lipinski definition) is 1. The first-order valence-electron chi connectivity index (χ1n) is 5.73. The second-order valence-electron chi connectivity index (χ2n) is 3.72. The molecule has 2 rings (SSSR count). The van der Waals surface area contributed by atoms with Crippen molar-refractivity contribution in [3.05, 3.63) is 42.2 Å². The van der Waals surface area contributed by atoms with Gasteiger partial charge in [0.2, 0.25) is 0 Å². The molecule has 0 spiro atoms. The highest BCUT2D eigenvalue weighted by Gasteiger charge is 2.12. The number of carbonyl (C=O) groups excluding carboxylic acids is 1. The van der Waals surface area contributed by atoms with Crippen LogP contribution < -0.4 is 10.1 Å². The molecule has 18 heavy (non-hydrogen) atoms. The minimum atomic E-state index is -0.206. The van der Waals surface area contributed by atoms with Crippen LogP contribution in [-0.2, 0) is 7.05 Å². The standard InChI is InChI=1S/C13H15N3O2/c1-3-18-12-7-5-4-6-10(12)15-13(17)11-8-9-14-16(11)2/h4-9H,3H2,1-2H3,(H,15,17). The average molecular weight is 245 g/mol. The number of hydrogen-bond acceptors (Lipinski definition) is 3. The molecular weight excluding hydrogens is 230 g/mol. The van der Waals surface area contributed by atoms with Crippen LogP contribution in [0.15, 0.2) is 36.5 Å². The zero-order valence-corrected chi connectivity index (χ0v) is 10.4. The van der Waals surface area contributed by atoms with Gasteiger partial charge in [0.25, 0.3) is 5.91 Å². The van der Waals surface area contributed by atoms with Crippen molar-refractivity contribution in [3.8, 4) is 5.75 Å². The van der Waals surface area contributed by atoms with Gasteiger partial charge in [-0.1, -0.05) is 12.1 Å². The molecule has 0 unspecified atom stereocenters. The Bertz CT molecular complexity index is 549. The third-order valence-electron chi connectivity index (χ3n) is 2.49. The number of nitrogens with one attached hydrogen (secondary N) is 1. The van der Waals surface area contributed by atoms with Crippen LogP contribution in [0.5, 0.6) is 5.75 Å². The lowest BCUT2D eigenvalue weighted by atomic mass is 10.2. The largest absolute Gasteiger partial charge is 0.492 e. The molecule has 2 aromatic rings. The Labute approximate surface area is 105 Å². The highest BCUT2D eigenvalue weighted by molar-refractivity contribution is 6.03. The van der Waals surface area contributed by atoms with Crippen LogP contribution in [0.1, 0.15) is 17.4 Å². The Hall–Kier alpha value is -2.30. The number of nitrogens with zero attached hydrogens (tertiary/aromatic N) is 2. The van der Waals surface area contributed by atoms with Gasteiger partial charge in [0.15, 0.2) is 0 Å². The molecule has 0 aliphatic rings. The molecule has 1 heterocycles. The SMILES string of the molecule is CCOc1ccccc1NC(=O)c1ccnn1C. The van der Waals surface area contributed by atoms with Crippen LogP contribution in [0.2, 0.25) is 0 Å². The summed E-state index contributed by atoms with van der Waals surface area (Å²) in [5.74, 6) is 0.456. The van der Waals surface area contributed by atoms with Crippen LogP contribution >= 0.6 is 0 Å². The number of rotatable bonds is 4. The summed E-state index contributed by atoms with van der Waals surface area (Å²) in [6.45, 7) is 2.46. The molecule has 0 saturated carbocycles. The predicted molar refractivity (Wildman–Crippen MR) is 68.8 cm³/mol. The Morgan fingerprint density at radius 2 is 2.17 bits per heavy atom. The van der Waals surface area contributed by atoms with Crippen LogP contribution in [0.3, 0.4) is 0 Å². The second kappa shape index (κ2) is 5.35. The molecule has 0 aliphatic carbocycles. The summed E-state index contributed by atoms with van der Waals surface area (Å²) in [5, 5.41) is 6.78. The van der Waals surface area contributed by atoms with E-state index in [2.05, 4.69) is 10.4 Å². The van der Waals surface area contributed by atoms with Gasteiger partial charge in [-0.05, 0) is 25.1 Å². The van der Waals surface area contributed by atoms with Gasteiger partial charge in [-0.15, -0.1) is 0 Å². The van der Waals surface area contributed by atoms with Gasteiger partial charge in [-0.25, -0.2) is 0 Å². The summed E-state index contributed by atoms with van der Waals surface area (Å²) in [6, 6.07) is 9.01. The summed E-state index contributed by atoms with van der Waals surface area (Å²) in [5.41, 5.74) is 1.16. The van der Waals surface area contributed by atoms with Crippen LogP contribution in [0.4, 0.5) is 5.69 Å². The number of aromatic nitrogens is 2. The molecular formula is C13H15N3O2. The molecule has 1 N–H and O–H groups in total. The van der Waals surface area contributed by atoms with Gasteiger partial charge in [-0.2, -0.15) is 5.10 Å². The number of para-hydroxylation sites is 2. The quantitative estimate of drug-likeness (QED) is 0.897. The normalized spacial score (nSPS) is 10.1. The summed E-state index contributed by atoms with van der Waals surface area (Å²) < 4.78 is 6.97. The number of ether oxygens (including phenoxy) is 1. The number of carbonyl (C=O) groups is 1. The van der Waals surface area contributed by atoms with Gasteiger partial charge >= 0.3 is 0 Å². The number of anilines is 1. The molecule has 1 aromatic carbocycles. The summed E-state index contributed by atoms with van der Waals surface area (Å²) in [7, 11) is 1.73. The second-order valence-corrected chi connectivity index (χ2v) is 3.72. The van der Waals surface area contributed by atoms with Crippen molar-refractivity contribution in [2.75, 3.05) is 11.9 Å². The monoisotopic (exact) mass is 245 g/mol. The van der Waals surface area contributed by atoms with Gasteiger partial charge < -0.3 is 10.1 Å². The number of amides is 1. The lowest BCUT2D eigenvalue weighted by Crippen LogP contribution is -2.16. The number of benzene rings is 1. The van der Waals surface area contributed by atoms with Gasteiger partial charge in [0.1, 0.15) is 11.4 Å². The zero-order chi connectivity index (χ0) is 13.0. The van der Waals surface area contributed by atoms with E-state index in [1.807, 2.05) is 25.1 Å². The van der Waals surface area contributed by atoms with Crippen LogP contribution in [-0.4, -0.2) is 22.3 Å². The Kier molecular flexibility index (Phi) is 3.62. The zero-order valence-electron chi connectivity index (χ0n) is 10.4. The molecule has 5 nitrogen and oxygen atoms in total. The molecule has 0 aliphatic heterocycles. The van der Waals surface area contributed by atoms with Crippen molar-refractivity contribution in [1.82, 2.24) is 9.78 Å². The molecule has 0 saturated heterocycles. The van der Waals surface area contributed by atoms with Crippen LogP contribution in [0.25, 0.3) is 0 Å². The van der Waals surface area contributed by atoms with E-state index >= 15 is 0 Å². The highest BCUT2D eigenvalue weighted by Crippen LogP contribution is 2.24. The summed E-state index contributed by atoms with van der Waals surface area (Å²) >= 11 is 0. The van der Waals surface area contributed by atoms with E-state index in [4.69, 9.17) is 4.74 Å². The van der Waals surface area contributed by atoms with E-state index < -0.39 is 0 Å². The summed E-state index contributed by atoms with van der Waals surface area (Å²) in [6.07, 6.45) is 1.59. The third-order valence-corrected chi connectivity index (χ3v) is 2.49. The van der Waals surface area contributed by atoms with Gasteiger partial charge in [0.05, 0.1) is 12.3 Å². The van der Waals surface area contributed by atoms with Crippen molar-refractivity contribution in [2.24, 2.45) is 7.05 Å². The van der Waals surface area contributed by atoms with E-state index in [0.717, 1.165) is 0 Å². The molecule has 0 atom stereocenters. The Morgan fingerprint density at radius 1 is 1.39 bits per heavy atom. The molecule has 1 amide bonds. The van der Waals surface area contributed by atoms with Crippen molar-refractivity contribution >= 4 is 11.6 Å². The maximum absolute atomic E-state index is 12.0. The number of aryl methyl sites for hydroxylation is 1. The van der Waals surface area contributed by atoms with Crippen molar-refractivity contribution in [1.29, 1.82) is 0 Å². The Morgan fingerprint density at radius 3 is 2.83 bits per heavy atom.